The number of rotatable bonds is 4. The highest BCUT2D eigenvalue weighted by atomic mass is 35.5. The highest BCUT2D eigenvalue weighted by molar-refractivity contribution is 6.41. The van der Waals surface area contributed by atoms with Crippen LogP contribution in [0.1, 0.15) is 33.6 Å². The van der Waals surface area contributed by atoms with Gasteiger partial charge >= 0.3 is 0 Å². The standard InChI is InChI=1S/C44H30Cl2N4/c45-43-28-27-38(50-43)42(31-17-9-3-10-18-31)36-24-23-34(48-36)40(29-13-5-1-6-14-29)33-21-22-35(47-33)41(30-15-7-2-8-16-30)37-25-26-39(49-37)44(43,46)32-19-11-4-12-20-32/h1-28,47,49H. The van der Waals surface area contributed by atoms with E-state index in [9.17, 15) is 0 Å². The SMILES string of the molecule is ClC12C=CC(=N1)C(c1ccccc1)=C1C=CC(=N1)C(c1ccccc1)=c1ccc([nH]1)=C(c1ccccc1)c1ccc([nH]1)C2(Cl)c1ccccc1. The van der Waals surface area contributed by atoms with Gasteiger partial charge in [-0.25, -0.2) is 4.99 Å². The third-order valence-corrected chi connectivity index (χ3v) is 10.8. The summed E-state index contributed by atoms with van der Waals surface area (Å²) in [5.74, 6) is 0. The van der Waals surface area contributed by atoms with Crippen molar-refractivity contribution in [2.24, 2.45) is 9.98 Å². The van der Waals surface area contributed by atoms with E-state index in [1.54, 1.807) is 0 Å². The zero-order chi connectivity index (χ0) is 33.7. The van der Waals surface area contributed by atoms with E-state index in [2.05, 4.69) is 101 Å². The van der Waals surface area contributed by atoms with Gasteiger partial charge in [0.1, 0.15) is 0 Å². The van der Waals surface area contributed by atoms with Gasteiger partial charge in [0.15, 0.2) is 9.87 Å². The average molecular weight is 686 g/mol. The number of nitrogens with one attached hydrogen (secondary N) is 2. The lowest BCUT2D eigenvalue weighted by Gasteiger charge is -2.36. The first-order valence-corrected chi connectivity index (χ1v) is 17.3. The molecule has 2 unspecified atom stereocenters. The Morgan fingerprint density at radius 3 is 1.68 bits per heavy atom. The number of hydrogen-bond acceptors (Lipinski definition) is 2. The van der Waals surface area contributed by atoms with Gasteiger partial charge < -0.3 is 9.97 Å². The lowest BCUT2D eigenvalue weighted by atomic mass is 9.87. The number of nitrogens with zero attached hydrogens (tertiary/aromatic N) is 2. The lowest BCUT2D eigenvalue weighted by molar-refractivity contribution is 0.569. The molecule has 0 aliphatic carbocycles. The van der Waals surface area contributed by atoms with Crippen LogP contribution in [0.15, 0.2) is 186 Å². The number of H-pyrrole nitrogens is 2. The molecule has 4 aromatic carbocycles. The quantitative estimate of drug-likeness (QED) is 0.138. The van der Waals surface area contributed by atoms with E-state index in [4.69, 9.17) is 33.2 Å². The fourth-order valence-electron chi connectivity index (χ4n) is 7.19. The fourth-order valence-corrected chi connectivity index (χ4v) is 7.90. The van der Waals surface area contributed by atoms with Crippen molar-refractivity contribution >= 4 is 51.3 Å². The van der Waals surface area contributed by atoms with E-state index in [1.165, 1.54) is 0 Å². The minimum atomic E-state index is -1.38. The third-order valence-electron chi connectivity index (χ3n) is 9.55. The summed E-state index contributed by atoms with van der Waals surface area (Å²) in [4.78, 5) is 15.4. The molecule has 50 heavy (non-hydrogen) atoms. The van der Waals surface area contributed by atoms with Crippen LogP contribution in [0, 0.1) is 0 Å². The fraction of sp³-hybridized carbons (Fsp3) is 0.0455. The lowest BCUT2D eigenvalue weighted by Crippen LogP contribution is -2.41. The van der Waals surface area contributed by atoms with Gasteiger partial charge in [0.25, 0.3) is 0 Å². The van der Waals surface area contributed by atoms with Crippen LogP contribution in [0.5, 0.6) is 0 Å². The predicted molar refractivity (Wildman–Crippen MR) is 206 cm³/mol. The van der Waals surface area contributed by atoms with Gasteiger partial charge in [-0.3, -0.25) is 4.99 Å². The van der Waals surface area contributed by atoms with Gasteiger partial charge in [-0.15, -0.1) is 11.6 Å². The van der Waals surface area contributed by atoms with Crippen LogP contribution in [0.3, 0.4) is 0 Å². The van der Waals surface area contributed by atoms with Crippen molar-refractivity contribution in [3.05, 3.63) is 220 Å². The second-order valence-corrected chi connectivity index (χ2v) is 13.7. The van der Waals surface area contributed by atoms with E-state index >= 15 is 0 Å². The molecule has 2 N–H and O–H groups in total. The van der Waals surface area contributed by atoms with Crippen molar-refractivity contribution in [1.29, 1.82) is 0 Å². The van der Waals surface area contributed by atoms with E-state index in [0.717, 1.165) is 72.5 Å². The Kier molecular flexibility index (Phi) is 7.31. The molecule has 0 amide bonds. The van der Waals surface area contributed by atoms with Gasteiger partial charge in [-0.05, 0) is 70.8 Å². The predicted octanol–water partition coefficient (Wildman–Crippen LogP) is 8.65. The number of halogens is 2. The first kappa shape index (κ1) is 30.4. The molecule has 240 valence electrons. The monoisotopic (exact) mass is 684 g/mol. The largest absolute Gasteiger partial charge is 0.356 e. The van der Waals surface area contributed by atoms with E-state index < -0.39 is 9.87 Å². The van der Waals surface area contributed by atoms with Crippen molar-refractivity contribution in [3.63, 3.8) is 0 Å². The summed E-state index contributed by atoms with van der Waals surface area (Å²) in [6.07, 6.45) is 8.04. The molecule has 3 aliphatic rings. The van der Waals surface area contributed by atoms with Gasteiger partial charge in [0, 0.05) is 38.8 Å². The Morgan fingerprint density at radius 2 is 1.04 bits per heavy atom. The molecule has 8 bridgehead atoms. The Labute approximate surface area is 299 Å². The minimum absolute atomic E-state index is 0.704. The van der Waals surface area contributed by atoms with Crippen LogP contribution < -0.4 is 10.7 Å². The number of allylic oxidation sites excluding steroid dienone is 4. The van der Waals surface area contributed by atoms with E-state index in [1.807, 2.05) is 78.9 Å². The van der Waals surface area contributed by atoms with Crippen molar-refractivity contribution in [2.75, 3.05) is 0 Å². The minimum Gasteiger partial charge on any atom is -0.356 e. The molecule has 6 heteroatoms. The molecule has 5 heterocycles. The first-order chi connectivity index (χ1) is 24.5. The Morgan fingerprint density at radius 1 is 0.480 bits per heavy atom. The van der Waals surface area contributed by atoms with Gasteiger partial charge in [0.2, 0.25) is 0 Å². The smallest absolute Gasteiger partial charge is 0.181 e. The van der Waals surface area contributed by atoms with Crippen molar-refractivity contribution in [1.82, 2.24) is 9.97 Å². The zero-order valence-corrected chi connectivity index (χ0v) is 28.3. The topological polar surface area (TPSA) is 56.3 Å². The number of fused-ring (bicyclic) bond motifs is 6. The second kappa shape index (κ2) is 12.0. The van der Waals surface area contributed by atoms with Crippen molar-refractivity contribution in [2.45, 2.75) is 9.87 Å². The maximum absolute atomic E-state index is 7.92. The summed E-state index contributed by atoms with van der Waals surface area (Å²) in [5, 5.41) is 1.91. The number of aromatic nitrogens is 2. The molecule has 0 radical (unpaired) electrons. The van der Waals surface area contributed by atoms with Crippen LogP contribution in [0.25, 0.3) is 16.7 Å². The normalized spacial score (nSPS) is 21.1. The summed E-state index contributed by atoms with van der Waals surface area (Å²) >= 11 is 15.6. The molecule has 0 spiro atoms. The first-order valence-electron chi connectivity index (χ1n) is 16.6. The van der Waals surface area contributed by atoms with E-state index in [-0.39, 0.29) is 0 Å². The molecule has 0 saturated carbocycles. The van der Waals surface area contributed by atoms with Gasteiger partial charge in [0.05, 0.1) is 17.1 Å². The second-order valence-electron chi connectivity index (χ2n) is 12.5. The Bertz CT molecular complexity index is 2540. The molecular formula is C44H30Cl2N4. The third kappa shape index (κ3) is 4.91. The van der Waals surface area contributed by atoms with E-state index in [0.29, 0.717) is 5.71 Å². The molecule has 3 aliphatic heterocycles. The summed E-state index contributed by atoms with van der Waals surface area (Å²) in [5.41, 5.74) is 10.8. The van der Waals surface area contributed by atoms with Crippen LogP contribution in [0.2, 0.25) is 0 Å². The highest BCUT2D eigenvalue weighted by Crippen LogP contribution is 2.53. The molecule has 2 aromatic heterocycles. The molecular weight excluding hydrogens is 655 g/mol. The number of benzene rings is 4. The summed E-state index contributed by atoms with van der Waals surface area (Å²) in [6.45, 7) is 0. The molecule has 2 atom stereocenters. The number of aliphatic imine (C=N–C) groups is 2. The van der Waals surface area contributed by atoms with Gasteiger partial charge in [-0.1, -0.05) is 133 Å². The summed E-state index contributed by atoms with van der Waals surface area (Å²) in [7, 11) is 0. The van der Waals surface area contributed by atoms with Crippen molar-refractivity contribution in [3.8, 4) is 0 Å². The molecule has 0 fully saturated rings. The summed E-state index contributed by atoms with van der Waals surface area (Å²) < 4.78 is 0. The van der Waals surface area contributed by atoms with Crippen molar-refractivity contribution < 1.29 is 0 Å². The van der Waals surface area contributed by atoms with Crippen LogP contribution in [0.4, 0.5) is 0 Å². The maximum Gasteiger partial charge on any atom is 0.181 e. The number of hydrogen-bond donors (Lipinski definition) is 2. The van der Waals surface area contributed by atoms with Crippen LogP contribution in [-0.4, -0.2) is 26.4 Å². The molecule has 0 saturated heterocycles. The van der Waals surface area contributed by atoms with Crippen LogP contribution >= 0.6 is 23.2 Å². The molecule has 6 aromatic rings. The number of alkyl halides is 2. The highest BCUT2D eigenvalue weighted by Gasteiger charge is 2.53. The summed E-state index contributed by atoms with van der Waals surface area (Å²) in [6, 6.07) is 49.3. The average Bonchev–Trinajstić information content (AvgIpc) is 4.00. The Balaban J connectivity index is 1.42. The maximum atomic E-state index is 7.92. The van der Waals surface area contributed by atoms with Crippen LogP contribution in [-0.2, 0) is 4.87 Å². The Hall–Kier alpha value is -5.68. The molecule has 9 rings (SSSR count). The molecule has 4 nitrogen and oxygen atoms in total. The van der Waals surface area contributed by atoms with Gasteiger partial charge in [-0.2, -0.15) is 0 Å². The number of aromatic amines is 2. The zero-order valence-electron chi connectivity index (χ0n) is 26.8.